The smallest absolute Gasteiger partial charge is 0.443 e. The number of aliphatic carboxylic acids is 1. The van der Waals surface area contributed by atoms with Crippen LogP contribution in [0.3, 0.4) is 0 Å². The van der Waals surface area contributed by atoms with Gasteiger partial charge < -0.3 is 5.11 Å². The summed E-state index contributed by atoms with van der Waals surface area (Å²) in [4.78, 5) is 13.0. The van der Waals surface area contributed by atoms with E-state index in [1.807, 2.05) is 5.92 Å². The molecule has 0 saturated carbocycles. The number of carboxylic acid groups (broad SMARTS) is 1. The quantitative estimate of drug-likeness (QED) is 0.677. The van der Waals surface area contributed by atoms with Gasteiger partial charge in [-0.15, -0.1) is 11.3 Å². The van der Waals surface area contributed by atoms with E-state index in [0.29, 0.717) is 11.3 Å². The molecular weight excluding hydrogens is 219 g/mol. The SMILES string of the molecule is O=C(O)C#Cc1cnc(C(F)(F)F)s1. The highest BCUT2D eigenvalue weighted by atomic mass is 32.1. The first-order valence-electron chi connectivity index (χ1n) is 3.17. The molecule has 0 aromatic carbocycles. The van der Waals surface area contributed by atoms with E-state index in [1.165, 1.54) is 0 Å². The number of carboxylic acids is 1. The summed E-state index contributed by atoms with van der Waals surface area (Å²) >= 11 is 0.309. The minimum Gasteiger partial charge on any atom is -0.472 e. The normalized spacial score (nSPS) is 10.5. The second kappa shape index (κ2) is 3.67. The molecule has 0 aliphatic heterocycles. The van der Waals surface area contributed by atoms with Crippen LogP contribution >= 0.6 is 11.3 Å². The predicted molar refractivity (Wildman–Crippen MR) is 41.6 cm³/mol. The standard InChI is InChI=1S/C7H2F3NO2S/c8-7(9,10)6-11-3-4(14-6)1-2-5(12)13/h3H,(H,12,13). The summed E-state index contributed by atoms with van der Waals surface area (Å²) in [7, 11) is 0. The third-order valence-corrected chi connectivity index (χ3v) is 2.00. The Bertz CT molecular complexity index is 413. The zero-order chi connectivity index (χ0) is 10.8. The van der Waals surface area contributed by atoms with E-state index in [-0.39, 0.29) is 4.88 Å². The Morgan fingerprint density at radius 1 is 1.57 bits per heavy atom. The first kappa shape index (κ1) is 10.5. The maximum atomic E-state index is 12.0. The number of rotatable bonds is 0. The van der Waals surface area contributed by atoms with Crippen molar-refractivity contribution in [3.63, 3.8) is 0 Å². The van der Waals surface area contributed by atoms with Crippen molar-refractivity contribution in [1.82, 2.24) is 4.98 Å². The Balaban J connectivity index is 2.91. The van der Waals surface area contributed by atoms with Crippen LogP contribution in [-0.2, 0) is 11.0 Å². The second-order valence-corrected chi connectivity index (χ2v) is 3.11. The number of halogens is 3. The molecule has 1 rings (SSSR count). The molecule has 0 saturated heterocycles. The van der Waals surface area contributed by atoms with E-state index in [4.69, 9.17) is 5.11 Å². The van der Waals surface area contributed by atoms with Crippen molar-refractivity contribution < 1.29 is 23.1 Å². The maximum Gasteiger partial charge on any atom is 0.443 e. The van der Waals surface area contributed by atoms with E-state index < -0.39 is 17.2 Å². The molecule has 1 aromatic rings. The van der Waals surface area contributed by atoms with Crippen LogP contribution in [0.15, 0.2) is 6.20 Å². The summed E-state index contributed by atoms with van der Waals surface area (Å²) in [5, 5.41) is 7.09. The molecule has 0 unspecified atom stereocenters. The molecular formula is C7H2F3NO2S. The van der Waals surface area contributed by atoms with Gasteiger partial charge >= 0.3 is 12.1 Å². The number of aromatic nitrogens is 1. The van der Waals surface area contributed by atoms with E-state index in [9.17, 15) is 18.0 Å². The molecule has 7 heteroatoms. The highest BCUT2D eigenvalue weighted by molar-refractivity contribution is 7.12. The van der Waals surface area contributed by atoms with Crippen molar-refractivity contribution >= 4 is 17.3 Å². The number of hydrogen-bond donors (Lipinski definition) is 1. The van der Waals surface area contributed by atoms with Gasteiger partial charge in [0.1, 0.15) is 0 Å². The van der Waals surface area contributed by atoms with Gasteiger partial charge in [-0.3, -0.25) is 0 Å². The van der Waals surface area contributed by atoms with Gasteiger partial charge in [0.05, 0.1) is 11.1 Å². The zero-order valence-corrected chi connectivity index (χ0v) is 7.24. The Labute approximate surface area is 80.2 Å². The minimum atomic E-state index is -4.51. The summed E-state index contributed by atoms with van der Waals surface area (Å²) in [6, 6.07) is 0. The predicted octanol–water partition coefficient (Wildman–Crippen LogP) is 1.60. The molecule has 1 heterocycles. The first-order chi connectivity index (χ1) is 6.39. The molecule has 3 nitrogen and oxygen atoms in total. The lowest BCUT2D eigenvalue weighted by Crippen LogP contribution is -2.02. The maximum absolute atomic E-state index is 12.0. The van der Waals surface area contributed by atoms with E-state index in [1.54, 1.807) is 5.92 Å². The van der Waals surface area contributed by atoms with Crippen molar-refractivity contribution in [2.24, 2.45) is 0 Å². The Hall–Kier alpha value is -1.55. The fourth-order valence-corrected chi connectivity index (χ4v) is 1.21. The third-order valence-electron chi connectivity index (χ3n) is 1.04. The molecule has 0 spiro atoms. The minimum absolute atomic E-state index is 0.0280. The summed E-state index contributed by atoms with van der Waals surface area (Å²) in [5.41, 5.74) is 0. The van der Waals surface area contributed by atoms with Crippen LogP contribution in [0.25, 0.3) is 0 Å². The monoisotopic (exact) mass is 221 g/mol. The topological polar surface area (TPSA) is 50.2 Å². The van der Waals surface area contributed by atoms with Crippen LogP contribution in [0.1, 0.15) is 9.88 Å². The van der Waals surface area contributed by atoms with Crippen LogP contribution in [0.4, 0.5) is 13.2 Å². The number of hydrogen-bond acceptors (Lipinski definition) is 3. The largest absolute Gasteiger partial charge is 0.472 e. The van der Waals surface area contributed by atoms with E-state index in [0.717, 1.165) is 6.20 Å². The second-order valence-electron chi connectivity index (χ2n) is 2.08. The Morgan fingerprint density at radius 3 is 2.64 bits per heavy atom. The van der Waals surface area contributed by atoms with Crippen LogP contribution in [0, 0.1) is 11.8 Å². The van der Waals surface area contributed by atoms with Crippen LogP contribution < -0.4 is 0 Å². The lowest BCUT2D eigenvalue weighted by atomic mass is 10.5. The molecule has 74 valence electrons. The molecule has 0 fully saturated rings. The molecule has 0 atom stereocenters. The summed E-state index contributed by atoms with van der Waals surface area (Å²) in [5.74, 6) is 2.34. The molecule has 1 N–H and O–H groups in total. The van der Waals surface area contributed by atoms with Crippen LogP contribution in [0.5, 0.6) is 0 Å². The van der Waals surface area contributed by atoms with Gasteiger partial charge in [0.15, 0.2) is 5.01 Å². The van der Waals surface area contributed by atoms with Crippen molar-refractivity contribution in [3.05, 3.63) is 16.1 Å². The van der Waals surface area contributed by atoms with Crippen molar-refractivity contribution in [2.45, 2.75) is 6.18 Å². The zero-order valence-electron chi connectivity index (χ0n) is 6.42. The fourth-order valence-electron chi connectivity index (χ4n) is 0.578. The molecule has 0 aliphatic rings. The van der Waals surface area contributed by atoms with Gasteiger partial charge in [-0.2, -0.15) is 13.2 Å². The number of nitrogens with zero attached hydrogens (tertiary/aromatic N) is 1. The van der Waals surface area contributed by atoms with Gasteiger partial charge in [-0.25, -0.2) is 9.78 Å². The molecule has 0 amide bonds. The summed E-state index contributed by atoms with van der Waals surface area (Å²) in [6.07, 6.45) is -3.61. The summed E-state index contributed by atoms with van der Waals surface area (Å²) in [6.45, 7) is 0. The van der Waals surface area contributed by atoms with Gasteiger partial charge in [0, 0.05) is 5.92 Å². The highest BCUT2D eigenvalue weighted by Gasteiger charge is 2.34. The van der Waals surface area contributed by atoms with Gasteiger partial charge in [0.25, 0.3) is 0 Å². The van der Waals surface area contributed by atoms with Crippen LogP contribution in [-0.4, -0.2) is 16.1 Å². The number of carbonyl (C=O) groups is 1. The molecule has 0 bridgehead atoms. The average Bonchev–Trinajstić information content (AvgIpc) is 2.47. The third kappa shape index (κ3) is 2.74. The lowest BCUT2D eigenvalue weighted by Gasteiger charge is -1.98. The van der Waals surface area contributed by atoms with Crippen LogP contribution in [0.2, 0.25) is 0 Å². The number of thiazole rings is 1. The molecule has 14 heavy (non-hydrogen) atoms. The number of alkyl halides is 3. The Kier molecular flexibility index (Phi) is 2.76. The lowest BCUT2D eigenvalue weighted by molar-refractivity contribution is -0.137. The van der Waals surface area contributed by atoms with Gasteiger partial charge in [-0.05, 0) is 5.92 Å². The van der Waals surface area contributed by atoms with Crippen molar-refractivity contribution in [1.29, 1.82) is 0 Å². The van der Waals surface area contributed by atoms with E-state index in [2.05, 4.69) is 4.98 Å². The Morgan fingerprint density at radius 2 is 2.21 bits per heavy atom. The van der Waals surface area contributed by atoms with Crippen molar-refractivity contribution in [3.8, 4) is 11.8 Å². The highest BCUT2D eigenvalue weighted by Crippen LogP contribution is 2.31. The molecule has 0 aliphatic carbocycles. The van der Waals surface area contributed by atoms with Gasteiger partial charge in [0.2, 0.25) is 0 Å². The molecule has 1 aromatic heterocycles. The van der Waals surface area contributed by atoms with E-state index >= 15 is 0 Å². The van der Waals surface area contributed by atoms with Gasteiger partial charge in [-0.1, -0.05) is 0 Å². The first-order valence-corrected chi connectivity index (χ1v) is 3.99. The average molecular weight is 221 g/mol. The van der Waals surface area contributed by atoms with Crippen molar-refractivity contribution in [2.75, 3.05) is 0 Å². The summed E-state index contributed by atoms with van der Waals surface area (Å²) < 4.78 is 36.0. The molecule has 0 radical (unpaired) electrons. The fraction of sp³-hybridized carbons (Fsp3) is 0.143.